The van der Waals surface area contributed by atoms with E-state index < -0.39 is 4.92 Å². The van der Waals surface area contributed by atoms with Crippen molar-refractivity contribution in [2.75, 3.05) is 13.1 Å². The van der Waals surface area contributed by atoms with Crippen molar-refractivity contribution in [3.05, 3.63) is 40.1 Å². The first-order valence-corrected chi connectivity index (χ1v) is 6.83. The van der Waals surface area contributed by atoms with Gasteiger partial charge in [-0.05, 0) is 31.5 Å². The van der Waals surface area contributed by atoms with Crippen LogP contribution in [0.25, 0.3) is 11.0 Å². The highest BCUT2D eigenvalue weighted by atomic mass is 16.6. The first-order chi connectivity index (χ1) is 10.1. The number of carbonyl (C=O) groups excluding carboxylic acids is 1. The Labute approximate surface area is 120 Å². The highest BCUT2D eigenvalue weighted by molar-refractivity contribution is 5.96. The van der Waals surface area contributed by atoms with Gasteiger partial charge in [0, 0.05) is 30.1 Å². The van der Waals surface area contributed by atoms with E-state index in [9.17, 15) is 14.9 Å². The second-order valence-electron chi connectivity index (χ2n) is 5.11. The molecule has 1 aromatic heterocycles. The number of nitrogens with one attached hydrogen (secondary N) is 2. The third-order valence-electron chi connectivity index (χ3n) is 3.57. The van der Waals surface area contributed by atoms with Crippen molar-refractivity contribution in [1.82, 2.24) is 10.6 Å². The summed E-state index contributed by atoms with van der Waals surface area (Å²) in [5.74, 6) is -0.112. The molecule has 0 spiro atoms. The molecule has 0 aliphatic carbocycles. The van der Waals surface area contributed by atoms with Gasteiger partial charge in [0.25, 0.3) is 11.6 Å². The Balaban J connectivity index is 1.79. The lowest BCUT2D eigenvalue weighted by Crippen LogP contribution is -2.45. The zero-order valence-corrected chi connectivity index (χ0v) is 11.3. The van der Waals surface area contributed by atoms with E-state index in [0.717, 1.165) is 25.9 Å². The Morgan fingerprint density at radius 3 is 3.00 bits per heavy atom. The van der Waals surface area contributed by atoms with E-state index in [1.54, 1.807) is 0 Å². The SMILES string of the molecule is O=C(N[C@H]1CCCNC1)c1cc2cc([N+](=O)[O-])ccc2o1. The maximum Gasteiger partial charge on any atom is 0.287 e. The number of nitro groups is 1. The molecule has 7 nitrogen and oxygen atoms in total. The zero-order valence-electron chi connectivity index (χ0n) is 11.3. The van der Waals surface area contributed by atoms with Gasteiger partial charge in [0.2, 0.25) is 0 Å². The third kappa shape index (κ3) is 2.87. The lowest BCUT2D eigenvalue weighted by molar-refractivity contribution is -0.384. The van der Waals surface area contributed by atoms with Crippen LogP contribution in [0, 0.1) is 10.1 Å². The van der Waals surface area contributed by atoms with Crippen LogP contribution in [-0.2, 0) is 0 Å². The van der Waals surface area contributed by atoms with Gasteiger partial charge in [-0.15, -0.1) is 0 Å². The van der Waals surface area contributed by atoms with E-state index >= 15 is 0 Å². The van der Waals surface area contributed by atoms with Gasteiger partial charge in [0.05, 0.1) is 4.92 Å². The minimum atomic E-state index is -0.472. The molecule has 2 N–H and O–H groups in total. The maximum absolute atomic E-state index is 12.1. The minimum Gasteiger partial charge on any atom is -0.451 e. The summed E-state index contributed by atoms with van der Waals surface area (Å²) in [6.45, 7) is 1.72. The van der Waals surface area contributed by atoms with Crippen LogP contribution in [0.4, 0.5) is 5.69 Å². The summed E-state index contributed by atoms with van der Waals surface area (Å²) < 4.78 is 5.45. The summed E-state index contributed by atoms with van der Waals surface area (Å²) in [5, 5.41) is 17.4. The zero-order chi connectivity index (χ0) is 14.8. The fraction of sp³-hybridized carbons (Fsp3) is 0.357. The summed E-state index contributed by atoms with van der Waals surface area (Å²) in [7, 11) is 0. The number of nitro benzene ring substituents is 1. The third-order valence-corrected chi connectivity index (χ3v) is 3.57. The molecule has 1 amide bonds. The van der Waals surface area contributed by atoms with Crippen LogP contribution in [0.15, 0.2) is 28.7 Å². The number of amides is 1. The van der Waals surface area contributed by atoms with Crippen molar-refractivity contribution in [2.45, 2.75) is 18.9 Å². The van der Waals surface area contributed by atoms with Crippen LogP contribution in [0.5, 0.6) is 0 Å². The topological polar surface area (TPSA) is 97.4 Å². The number of furan rings is 1. The lowest BCUT2D eigenvalue weighted by atomic mass is 10.1. The normalized spacial score (nSPS) is 18.6. The van der Waals surface area contributed by atoms with Gasteiger partial charge in [0.1, 0.15) is 5.58 Å². The molecule has 3 rings (SSSR count). The molecule has 2 heterocycles. The van der Waals surface area contributed by atoms with Crippen LogP contribution < -0.4 is 10.6 Å². The Morgan fingerprint density at radius 2 is 2.29 bits per heavy atom. The van der Waals surface area contributed by atoms with Gasteiger partial charge in [-0.1, -0.05) is 0 Å². The molecule has 1 fully saturated rings. The monoisotopic (exact) mass is 289 g/mol. The van der Waals surface area contributed by atoms with Gasteiger partial charge >= 0.3 is 0 Å². The predicted molar refractivity (Wildman–Crippen MR) is 76.2 cm³/mol. The molecule has 0 unspecified atom stereocenters. The number of rotatable bonds is 3. The summed E-state index contributed by atoms with van der Waals surface area (Å²) in [5.41, 5.74) is 0.444. The van der Waals surface area contributed by atoms with E-state index in [2.05, 4.69) is 10.6 Å². The second-order valence-corrected chi connectivity index (χ2v) is 5.11. The van der Waals surface area contributed by atoms with Crippen LogP contribution in [-0.4, -0.2) is 30.0 Å². The molecule has 1 aliphatic heterocycles. The van der Waals surface area contributed by atoms with E-state index in [-0.39, 0.29) is 23.4 Å². The van der Waals surface area contributed by atoms with Gasteiger partial charge in [-0.2, -0.15) is 0 Å². The number of benzene rings is 1. The van der Waals surface area contributed by atoms with Gasteiger partial charge in [0.15, 0.2) is 5.76 Å². The van der Waals surface area contributed by atoms with E-state index in [0.29, 0.717) is 11.0 Å². The van der Waals surface area contributed by atoms with Crippen molar-refractivity contribution < 1.29 is 14.1 Å². The van der Waals surface area contributed by atoms with Crippen molar-refractivity contribution in [3.63, 3.8) is 0 Å². The molecule has 0 radical (unpaired) electrons. The Bertz CT molecular complexity index is 689. The second kappa shape index (κ2) is 5.53. The van der Waals surface area contributed by atoms with Crippen LogP contribution >= 0.6 is 0 Å². The fourth-order valence-electron chi connectivity index (χ4n) is 2.49. The quantitative estimate of drug-likeness (QED) is 0.663. The number of hydrogen-bond donors (Lipinski definition) is 2. The predicted octanol–water partition coefficient (Wildman–Crippen LogP) is 1.82. The first kappa shape index (κ1) is 13.6. The molecule has 1 aromatic carbocycles. The number of fused-ring (bicyclic) bond motifs is 1. The summed E-state index contributed by atoms with van der Waals surface area (Å²) in [4.78, 5) is 22.4. The molecule has 1 aliphatic rings. The maximum atomic E-state index is 12.1. The van der Waals surface area contributed by atoms with Crippen molar-refractivity contribution >= 4 is 22.6 Å². The van der Waals surface area contributed by atoms with Crippen molar-refractivity contribution in [2.24, 2.45) is 0 Å². The van der Waals surface area contributed by atoms with Gasteiger partial charge in [-0.3, -0.25) is 14.9 Å². The Morgan fingerprint density at radius 1 is 1.43 bits per heavy atom. The molecule has 110 valence electrons. The van der Waals surface area contributed by atoms with Gasteiger partial charge in [-0.25, -0.2) is 0 Å². The highest BCUT2D eigenvalue weighted by Gasteiger charge is 2.19. The number of nitrogens with zero attached hydrogens (tertiary/aromatic N) is 1. The van der Waals surface area contributed by atoms with E-state index in [4.69, 9.17) is 4.42 Å². The molecule has 1 atom stereocenters. The molecule has 1 saturated heterocycles. The van der Waals surface area contributed by atoms with Crippen molar-refractivity contribution in [3.8, 4) is 0 Å². The molecular weight excluding hydrogens is 274 g/mol. The average Bonchev–Trinajstić information content (AvgIpc) is 2.91. The Kier molecular flexibility index (Phi) is 3.57. The number of non-ortho nitro benzene ring substituents is 1. The minimum absolute atomic E-state index is 0.0215. The molecule has 21 heavy (non-hydrogen) atoms. The summed E-state index contributed by atoms with van der Waals surface area (Å²) >= 11 is 0. The van der Waals surface area contributed by atoms with E-state index in [1.807, 2.05) is 0 Å². The smallest absolute Gasteiger partial charge is 0.287 e. The summed E-state index contributed by atoms with van der Waals surface area (Å²) in [6.07, 6.45) is 1.96. The number of carbonyl (C=O) groups is 1. The first-order valence-electron chi connectivity index (χ1n) is 6.83. The molecule has 0 bridgehead atoms. The van der Waals surface area contributed by atoms with Crippen LogP contribution in [0.3, 0.4) is 0 Å². The summed E-state index contributed by atoms with van der Waals surface area (Å²) in [6, 6.07) is 5.89. The number of hydrogen-bond acceptors (Lipinski definition) is 5. The number of piperidine rings is 1. The average molecular weight is 289 g/mol. The highest BCUT2D eigenvalue weighted by Crippen LogP contribution is 2.24. The molecular formula is C14H15N3O4. The standard InChI is InChI=1S/C14H15N3O4/c18-14(16-10-2-1-5-15-8-10)13-7-9-6-11(17(19)20)3-4-12(9)21-13/h3-4,6-7,10,15H,1-2,5,8H2,(H,16,18)/t10-/m0/s1. The molecule has 7 heteroatoms. The van der Waals surface area contributed by atoms with Gasteiger partial charge < -0.3 is 15.1 Å². The Hall–Kier alpha value is -2.41. The van der Waals surface area contributed by atoms with Crippen LogP contribution in [0.2, 0.25) is 0 Å². The van der Waals surface area contributed by atoms with Crippen molar-refractivity contribution in [1.29, 1.82) is 0 Å². The fourth-order valence-corrected chi connectivity index (χ4v) is 2.49. The molecule has 0 saturated carbocycles. The lowest BCUT2D eigenvalue weighted by Gasteiger charge is -2.23. The van der Waals surface area contributed by atoms with Crippen LogP contribution in [0.1, 0.15) is 23.4 Å². The largest absolute Gasteiger partial charge is 0.451 e. The molecule has 2 aromatic rings. The van der Waals surface area contributed by atoms with E-state index in [1.165, 1.54) is 24.3 Å².